The van der Waals surface area contributed by atoms with E-state index in [4.69, 9.17) is 20.6 Å². The molecule has 2 heterocycles. The Labute approximate surface area is 219 Å². The number of terminal acetylenes is 1. The van der Waals surface area contributed by atoms with Gasteiger partial charge in [-0.2, -0.15) is 0 Å². The normalized spacial score (nSPS) is 20.1. The summed E-state index contributed by atoms with van der Waals surface area (Å²) in [4.78, 5) is 9.36. The minimum Gasteiger partial charge on any atom is -0.493 e. The van der Waals surface area contributed by atoms with E-state index in [0.717, 1.165) is 44.3 Å². The molecule has 1 N–H and O–H groups in total. The van der Waals surface area contributed by atoms with Gasteiger partial charge >= 0.3 is 0 Å². The van der Waals surface area contributed by atoms with Gasteiger partial charge in [0.2, 0.25) is 0 Å². The third-order valence-electron chi connectivity index (χ3n) is 6.15. The minimum atomic E-state index is 0. The van der Waals surface area contributed by atoms with Crippen molar-refractivity contribution in [3.8, 4) is 23.8 Å². The van der Waals surface area contributed by atoms with Crippen molar-refractivity contribution in [2.24, 2.45) is 4.99 Å². The molecule has 0 amide bonds. The zero-order valence-corrected chi connectivity index (χ0v) is 22.1. The number of guanidine groups is 1. The second-order valence-electron chi connectivity index (χ2n) is 8.22. The lowest BCUT2D eigenvalue weighted by Gasteiger charge is -2.36. The van der Waals surface area contributed by atoms with E-state index < -0.39 is 0 Å². The van der Waals surface area contributed by atoms with Gasteiger partial charge in [0.05, 0.1) is 25.9 Å². The van der Waals surface area contributed by atoms with E-state index in [0.29, 0.717) is 24.1 Å². The number of nitrogens with zero attached hydrogens (tertiary/aromatic N) is 3. The van der Waals surface area contributed by atoms with E-state index >= 15 is 0 Å². The first-order valence-electron chi connectivity index (χ1n) is 11.3. The minimum absolute atomic E-state index is 0. The van der Waals surface area contributed by atoms with E-state index in [1.54, 1.807) is 7.11 Å². The van der Waals surface area contributed by atoms with Crippen LogP contribution in [0.15, 0.2) is 53.5 Å². The first-order chi connectivity index (χ1) is 16.2. The van der Waals surface area contributed by atoms with Gasteiger partial charge in [-0.05, 0) is 23.3 Å². The van der Waals surface area contributed by atoms with Crippen molar-refractivity contribution >= 4 is 29.9 Å². The van der Waals surface area contributed by atoms with Crippen LogP contribution in [-0.4, -0.2) is 74.9 Å². The van der Waals surface area contributed by atoms with Crippen LogP contribution >= 0.6 is 24.0 Å². The number of hydrogen-bond acceptors (Lipinski definition) is 5. The number of fused-ring (bicyclic) bond motifs is 1. The van der Waals surface area contributed by atoms with Crippen molar-refractivity contribution in [3.05, 3.63) is 59.7 Å². The molecule has 182 valence electrons. The van der Waals surface area contributed by atoms with Crippen LogP contribution in [0.25, 0.3) is 0 Å². The molecule has 2 fully saturated rings. The van der Waals surface area contributed by atoms with E-state index in [1.807, 2.05) is 25.2 Å². The summed E-state index contributed by atoms with van der Waals surface area (Å²) in [7, 11) is 3.44. The second kappa shape index (κ2) is 12.8. The van der Waals surface area contributed by atoms with Crippen molar-refractivity contribution in [3.63, 3.8) is 0 Å². The standard InChI is InChI=1S/C26H32N4O3.HI/c1-4-13-32-24-15-21(10-11-23(24)31-3)16-28-26(27-2)30-18-22-25(19-30)33-14-12-29(22)17-20-8-6-5-7-9-20;/h1,5-11,15,22,25H,12-14,16-19H2,2-3H3,(H,27,28);1H. The van der Waals surface area contributed by atoms with Crippen LogP contribution in [0.5, 0.6) is 11.5 Å². The summed E-state index contributed by atoms with van der Waals surface area (Å²) in [5.74, 6) is 4.67. The predicted octanol–water partition coefficient (Wildman–Crippen LogP) is 2.99. The highest BCUT2D eigenvalue weighted by molar-refractivity contribution is 14.0. The highest BCUT2D eigenvalue weighted by Gasteiger charge is 2.41. The van der Waals surface area contributed by atoms with Crippen molar-refractivity contribution in [1.29, 1.82) is 0 Å². The molecule has 2 atom stereocenters. The van der Waals surface area contributed by atoms with Gasteiger partial charge in [0, 0.05) is 39.8 Å². The van der Waals surface area contributed by atoms with Crippen molar-refractivity contribution < 1.29 is 14.2 Å². The lowest BCUT2D eigenvalue weighted by molar-refractivity contribution is -0.0502. The Morgan fingerprint density at radius 3 is 2.74 bits per heavy atom. The van der Waals surface area contributed by atoms with Gasteiger partial charge in [0.15, 0.2) is 17.5 Å². The van der Waals surface area contributed by atoms with Gasteiger partial charge in [-0.3, -0.25) is 9.89 Å². The van der Waals surface area contributed by atoms with E-state index in [9.17, 15) is 0 Å². The fourth-order valence-electron chi connectivity index (χ4n) is 4.52. The molecule has 7 nitrogen and oxygen atoms in total. The molecule has 0 saturated carbocycles. The van der Waals surface area contributed by atoms with Gasteiger partial charge in [0.25, 0.3) is 0 Å². The maximum atomic E-state index is 6.12. The zero-order valence-electron chi connectivity index (χ0n) is 19.8. The van der Waals surface area contributed by atoms with Gasteiger partial charge in [-0.25, -0.2) is 0 Å². The number of halogens is 1. The van der Waals surface area contributed by atoms with Crippen molar-refractivity contribution in [2.45, 2.75) is 25.2 Å². The predicted molar refractivity (Wildman–Crippen MR) is 145 cm³/mol. The SMILES string of the molecule is C#CCOc1cc(CNC(=NC)N2CC3OCCN(Cc4ccccc4)C3C2)ccc1OC.I. The number of hydrogen-bond donors (Lipinski definition) is 1. The number of morpholine rings is 1. The summed E-state index contributed by atoms with van der Waals surface area (Å²) < 4.78 is 17.1. The number of aliphatic imine (C=N–C) groups is 1. The summed E-state index contributed by atoms with van der Waals surface area (Å²) in [6.07, 6.45) is 5.52. The summed E-state index contributed by atoms with van der Waals surface area (Å²) >= 11 is 0. The van der Waals surface area contributed by atoms with E-state index in [-0.39, 0.29) is 36.7 Å². The molecule has 2 aromatic carbocycles. The molecule has 8 heteroatoms. The highest BCUT2D eigenvalue weighted by atomic mass is 127. The van der Waals surface area contributed by atoms with Crippen molar-refractivity contribution in [1.82, 2.24) is 15.1 Å². The quantitative estimate of drug-likeness (QED) is 0.237. The maximum Gasteiger partial charge on any atom is 0.194 e. The molecule has 2 saturated heterocycles. The molecular formula is C26H33IN4O3. The van der Waals surface area contributed by atoms with Crippen LogP contribution in [0.4, 0.5) is 0 Å². The van der Waals surface area contributed by atoms with Crippen LogP contribution in [0.2, 0.25) is 0 Å². The summed E-state index contributed by atoms with van der Waals surface area (Å²) in [5, 5.41) is 3.49. The van der Waals surface area contributed by atoms with Crippen LogP contribution in [0.3, 0.4) is 0 Å². The van der Waals surface area contributed by atoms with Gasteiger partial charge in [0.1, 0.15) is 6.61 Å². The van der Waals surface area contributed by atoms with Gasteiger partial charge in [-0.15, -0.1) is 30.4 Å². The Morgan fingerprint density at radius 2 is 2.00 bits per heavy atom. The van der Waals surface area contributed by atoms with Crippen LogP contribution in [0.1, 0.15) is 11.1 Å². The Balaban J connectivity index is 0.00000324. The third kappa shape index (κ3) is 6.34. The van der Waals surface area contributed by atoms with Crippen LogP contribution in [-0.2, 0) is 17.8 Å². The number of methoxy groups -OCH3 is 1. The Kier molecular flexibility index (Phi) is 9.86. The molecule has 2 aliphatic rings. The summed E-state index contributed by atoms with van der Waals surface area (Å²) in [6, 6.07) is 16.8. The highest BCUT2D eigenvalue weighted by Crippen LogP contribution is 2.28. The van der Waals surface area contributed by atoms with Gasteiger partial charge in [-0.1, -0.05) is 42.3 Å². The monoisotopic (exact) mass is 576 g/mol. The lowest BCUT2D eigenvalue weighted by Crippen LogP contribution is -2.50. The Hall–Kier alpha value is -2.48. The molecule has 2 aromatic rings. The topological polar surface area (TPSA) is 58.6 Å². The first kappa shape index (κ1) is 26.1. The molecular weight excluding hydrogens is 543 g/mol. The number of ether oxygens (including phenoxy) is 3. The number of nitrogens with one attached hydrogen (secondary N) is 1. The molecule has 0 aliphatic carbocycles. The molecule has 0 spiro atoms. The largest absolute Gasteiger partial charge is 0.493 e. The zero-order chi connectivity index (χ0) is 23.0. The molecule has 0 radical (unpaired) electrons. The third-order valence-corrected chi connectivity index (χ3v) is 6.15. The van der Waals surface area contributed by atoms with Crippen LogP contribution in [0, 0.1) is 12.3 Å². The van der Waals surface area contributed by atoms with Crippen LogP contribution < -0.4 is 14.8 Å². The van der Waals surface area contributed by atoms with E-state index in [1.165, 1.54) is 5.56 Å². The fourth-order valence-corrected chi connectivity index (χ4v) is 4.52. The maximum absolute atomic E-state index is 6.12. The van der Waals surface area contributed by atoms with Gasteiger partial charge < -0.3 is 24.4 Å². The van der Waals surface area contributed by atoms with Crippen molar-refractivity contribution in [2.75, 3.05) is 47.0 Å². The Bertz CT molecular complexity index is 995. The number of likely N-dealkylation sites (tertiary alicyclic amines) is 1. The fraction of sp³-hybridized carbons (Fsp3) is 0.423. The Morgan fingerprint density at radius 1 is 1.18 bits per heavy atom. The molecule has 0 aromatic heterocycles. The average molecular weight is 576 g/mol. The number of benzene rings is 2. The molecule has 4 rings (SSSR count). The molecule has 2 aliphatic heterocycles. The lowest BCUT2D eigenvalue weighted by atomic mass is 10.1. The summed E-state index contributed by atoms with van der Waals surface area (Å²) in [5.41, 5.74) is 2.39. The molecule has 2 unspecified atom stereocenters. The number of rotatable bonds is 7. The molecule has 0 bridgehead atoms. The summed E-state index contributed by atoms with van der Waals surface area (Å²) in [6.45, 7) is 5.18. The average Bonchev–Trinajstić information content (AvgIpc) is 3.29. The smallest absolute Gasteiger partial charge is 0.194 e. The molecule has 34 heavy (non-hydrogen) atoms. The second-order valence-corrected chi connectivity index (χ2v) is 8.22. The first-order valence-corrected chi connectivity index (χ1v) is 11.3. The van der Waals surface area contributed by atoms with E-state index in [2.05, 4.69) is 56.4 Å².